The van der Waals surface area contributed by atoms with Gasteiger partial charge in [0.15, 0.2) is 5.76 Å². The van der Waals surface area contributed by atoms with Gasteiger partial charge in [0, 0.05) is 0 Å². The fraction of sp³-hybridized carbons (Fsp3) is 0. The molecule has 0 atom stereocenters. The molecular weight excluding hydrogens is 319 g/mol. The van der Waals surface area contributed by atoms with E-state index in [1.165, 1.54) is 36.6 Å². The number of hydrogen-bond acceptors (Lipinski definition) is 4. The van der Waals surface area contributed by atoms with Crippen molar-refractivity contribution >= 4 is 33.2 Å². The van der Waals surface area contributed by atoms with E-state index >= 15 is 0 Å². The minimum absolute atomic E-state index is 0.0291. The van der Waals surface area contributed by atoms with Gasteiger partial charge in [0.1, 0.15) is 5.82 Å². The first-order chi connectivity index (χ1) is 9.11. The molecule has 0 spiro atoms. The van der Waals surface area contributed by atoms with Crippen molar-refractivity contribution in [1.29, 1.82) is 0 Å². The summed E-state index contributed by atoms with van der Waals surface area (Å²) in [4.78, 5) is 15.7. The summed E-state index contributed by atoms with van der Waals surface area (Å²) in [6, 6.07) is 6.91. The summed E-state index contributed by atoms with van der Waals surface area (Å²) in [5.41, 5.74) is 2.00. The fourth-order valence-corrected chi connectivity index (χ4v) is 1.70. The molecule has 0 aliphatic rings. The molecule has 0 radical (unpaired) electrons. The van der Waals surface area contributed by atoms with E-state index in [-0.39, 0.29) is 16.1 Å². The molecule has 19 heavy (non-hydrogen) atoms. The Balaban J connectivity index is 2.33. The van der Waals surface area contributed by atoms with E-state index in [0.29, 0.717) is 5.69 Å². The SMILES string of the molecule is O=C(C(=Nc1ccc(F)c(Br)c1)NO)c1ccco1. The minimum Gasteiger partial charge on any atom is -0.461 e. The Morgan fingerprint density at radius 2 is 2.21 bits per heavy atom. The lowest BCUT2D eigenvalue weighted by Gasteiger charge is -2.02. The molecule has 0 aliphatic heterocycles. The van der Waals surface area contributed by atoms with E-state index < -0.39 is 11.6 Å². The van der Waals surface area contributed by atoms with Crippen molar-refractivity contribution in [3.05, 3.63) is 52.6 Å². The van der Waals surface area contributed by atoms with Gasteiger partial charge in [-0.2, -0.15) is 0 Å². The monoisotopic (exact) mass is 326 g/mol. The predicted octanol–water partition coefficient (Wildman–Crippen LogP) is 3.07. The van der Waals surface area contributed by atoms with Crippen LogP contribution in [0.2, 0.25) is 0 Å². The van der Waals surface area contributed by atoms with Crippen LogP contribution in [0, 0.1) is 5.82 Å². The summed E-state index contributed by atoms with van der Waals surface area (Å²) in [5.74, 6) is -1.36. The second-order valence-corrected chi connectivity index (χ2v) is 4.33. The molecule has 2 N–H and O–H groups in total. The highest BCUT2D eigenvalue weighted by Gasteiger charge is 2.16. The number of hydroxylamine groups is 1. The first-order valence-electron chi connectivity index (χ1n) is 5.14. The van der Waals surface area contributed by atoms with Crippen molar-refractivity contribution in [2.75, 3.05) is 0 Å². The van der Waals surface area contributed by atoms with Gasteiger partial charge >= 0.3 is 0 Å². The molecule has 0 aliphatic carbocycles. The zero-order chi connectivity index (χ0) is 13.8. The van der Waals surface area contributed by atoms with E-state index in [0.717, 1.165) is 0 Å². The third kappa shape index (κ3) is 3.07. The van der Waals surface area contributed by atoms with Crippen LogP contribution in [0.15, 0.2) is 50.5 Å². The maximum absolute atomic E-state index is 13.1. The van der Waals surface area contributed by atoms with Crippen LogP contribution in [0.25, 0.3) is 0 Å². The number of hydrogen-bond donors (Lipinski definition) is 2. The van der Waals surface area contributed by atoms with Crippen molar-refractivity contribution in [3.63, 3.8) is 0 Å². The second-order valence-electron chi connectivity index (χ2n) is 3.48. The topological polar surface area (TPSA) is 74.8 Å². The first kappa shape index (κ1) is 13.4. The number of nitrogens with zero attached hydrogens (tertiary/aromatic N) is 1. The van der Waals surface area contributed by atoms with Gasteiger partial charge in [0.25, 0.3) is 5.78 Å². The van der Waals surface area contributed by atoms with E-state index in [1.807, 2.05) is 0 Å². The van der Waals surface area contributed by atoms with Crippen LogP contribution in [-0.4, -0.2) is 16.8 Å². The number of rotatable bonds is 3. The molecule has 98 valence electrons. The molecule has 0 amide bonds. The molecule has 1 aromatic heterocycles. The predicted molar refractivity (Wildman–Crippen MR) is 69.2 cm³/mol. The number of carbonyl (C=O) groups excluding carboxylic acids is 1. The zero-order valence-corrected chi connectivity index (χ0v) is 11.0. The van der Waals surface area contributed by atoms with Gasteiger partial charge < -0.3 is 4.42 Å². The molecule has 1 heterocycles. The van der Waals surface area contributed by atoms with Crippen LogP contribution in [0.4, 0.5) is 10.1 Å². The molecular formula is C12H8BrFN2O3. The average Bonchev–Trinajstić information content (AvgIpc) is 2.93. The number of benzene rings is 1. The van der Waals surface area contributed by atoms with Gasteiger partial charge in [0.2, 0.25) is 5.84 Å². The number of aliphatic imine (C=N–C) groups is 1. The molecule has 2 aromatic rings. The Kier molecular flexibility index (Phi) is 4.08. The number of nitrogens with one attached hydrogen (secondary N) is 1. The molecule has 5 nitrogen and oxygen atoms in total. The maximum Gasteiger partial charge on any atom is 0.265 e. The highest BCUT2D eigenvalue weighted by Crippen LogP contribution is 2.22. The van der Waals surface area contributed by atoms with Crippen LogP contribution in [0.5, 0.6) is 0 Å². The largest absolute Gasteiger partial charge is 0.461 e. The maximum atomic E-state index is 13.1. The lowest BCUT2D eigenvalue weighted by molar-refractivity contribution is 0.102. The summed E-state index contributed by atoms with van der Waals surface area (Å²) in [6.07, 6.45) is 1.33. The van der Waals surface area contributed by atoms with Crippen LogP contribution in [-0.2, 0) is 0 Å². The summed E-state index contributed by atoms with van der Waals surface area (Å²) >= 11 is 3.00. The van der Waals surface area contributed by atoms with Crippen LogP contribution in [0.3, 0.4) is 0 Å². The smallest absolute Gasteiger partial charge is 0.265 e. The normalized spacial score (nSPS) is 11.4. The molecule has 0 saturated heterocycles. The van der Waals surface area contributed by atoms with Gasteiger partial charge in [-0.1, -0.05) is 0 Å². The third-order valence-corrected chi connectivity index (χ3v) is 2.82. The molecule has 0 fully saturated rings. The van der Waals surface area contributed by atoms with E-state index in [1.54, 1.807) is 5.48 Å². The second kappa shape index (κ2) is 5.77. The van der Waals surface area contributed by atoms with Crippen LogP contribution >= 0.6 is 15.9 Å². The Morgan fingerprint density at radius 1 is 1.42 bits per heavy atom. The first-order valence-corrected chi connectivity index (χ1v) is 5.93. The summed E-state index contributed by atoms with van der Waals surface area (Å²) in [7, 11) is 0. The molecule has 1 aromatic carbocycles. The van der Waals surface area contributed by atoms with Gasteiger partial charge in [0.05, 0.1) is 16.4 Å². The highest BCUT2D eigenvalue weighted by atomic mass is 79.9. The van der Waals surface area contributed by atoms with Gasteiger partial charge in [-0.25, -0.2) is 14.9 Å². The van der Waals surface area contributed by atoms with Crippen molar-refractivity contribution in [1.82, 2.24) is 5.48 Å². The quantitative estimate of drug-likeness (QED) is 0.393. The summed E-state index contributed by atoms with van der Waals surface area (Å²) in [6.45, 7) is 0. The minimum atomic E-state index is -0.618. The van der Waals surface area contributed by atoms with Gasteiger partial charge in [-0.05, 0) is 46.3 Å². The zero-order valence-electron chi connectivity index (χ0n) is 9.43. The van der Waals surface area contributed by atoms with E-state index in [4.69, 9.17) is 9.62 Å². The van der Waals surface area contributed by atoms with Crippen molar-refractivity contribution in [2.45, 2.75) is 0 Å². The number of ketones is 1. The summed E-state index contributed by atoms with van der Waals surface area (Å²) < 4.78 is 18.2. The van der Waals surface area contributed by atoms with Gasteiger partial charge in [-0.15, -0.1) is 0 Å². The standard InChI is InChI=1S/C12H8BrFN2O3/c13-8-6-7(3-4-9(8)14)15-12(16-18)11(17)10-2-1-5-19-10/h1-6,18H,(H,15,16). The molecule has 0 bridgehead atoms. The number of Topliss-reactive ketones (excluding diaryl/α,β-unsaturated/α-hetero) is 1. The molecule has 2 rings (SSSR count). The highest BCUT2D eigenvalue weighted by molar-refractivity contribution is 9.10. The number of halogens is 2. The molecule has 0 unspecified atom stereocenters. The van der Waals surface area contributed by atoms with E-state index in [9.17, 15) is 9.18 Å². The third-order valence-electron chi connectivity index (χ3n) is 2.21. The fourth-order valence-electron chi connectivity index (χ4n) is 1.33. The Hall–Kier alpha value is -1.99. The lowest BCUT2D eigenvalue weighted by Crippen LogP contribution is -2.28. The van der Waals surface area contributed by atoms with E-state index in [2.05, 4.69) is 20.9 Å². The van der Waals surface area contributed by atoms with Crippen LogP contribution in [0.1, 0.15) is 10.6 Å². The Labute approximate surface area is 115 Å². The van der Waals surface area contributed by atoms with Crippen molar-refractivity contribution < 1.29 is 18.8 Å². The van der Waals surface area contributed by atoms with Gasteiger partial charge in [-0.3, -0.25) is 10.0 Å². The number of furan rings is 1. The van der Waals surface area contributed by atoms with Crippen molar-refractivity contribution in [2.24, 2.45) is 4.99 Å². The van der Waals surface area contributed by atoms with Crippen molar-refractivity contribution in [3.8, 4) is 0 Å². The molecule has 7 heteroatoms. The van der Waals surface area contributed by atoms with Crippen LogP contribution < -0.4 is 5.48 Å². The Bertz CT molecular complexity index is 626. The number of amidine groups is 1. The Morgan fingerprint density at radius 3 is 2.79 bits per heavy atom. The average molecular weight is 327 g/mol. The number of carbonyl (C=O) groups is 1. The molecule has 0 saturated carbocycles. The summed E-state index contributed by atoms with van der Waals surface area (Å²) in [5, 5.41) is 8.95. The lowest BCUT2D eigenvalue weighted by atomic mass is 10.2.